The van der Waals surface area contributed by atoms with E-state index >= 15 is 0 Å². The molecule has 0 fully saturated rings. The Labute approximate surface area is 174 Å². The molecule has 0 bridgehead atoms. The second-order valence-corrected chi connectivity index (χ2v) is 8.05. The van der Waals surface area contributed by atoms with Crippen molar-refractivity contribution in [3.05, 3.63) is 59.3 Å². The van der Waals surface area contributed by atoms with Crippen LogP contribution in [0.3, 0.4) is 0 Å². The van der Waals surface area contributed by atoms with E-state index in [-0.39, 0.29) is 6.04 Å². The van der Waals surface area contributed by atoms with Gasteiger partial charge in [0.2, 0.25) is 5.13 Å². The van der Waals surface area contributed by atoms with Crippen LogP contribution in [-0.2, 0) is 12.6 Å². The lowest BCUT2D eigenvalue weighted by Gasteiger charge is -2.13. The Balaban J connectivity index is 1.37. The number of fused-ring (bicyclic) bond motifs is 1. The highest BCUT2D eigenvalue weighted by Crippen LogP contribution is 2.32. The number of aromatic amines is 1. The van der Waals surface area contributed by atoms with Gasteiger partial charge in [-0.3, -0.25) is 5.10 Å². The Morgan fingerprint density at radius 1 is 1.17 bits per heavy atom. The summed E-state index contributed by atoms with van der Waals surface area (Å²) in [5.41, 5.74) is 9.24. The van der Waals surface area contributed by atoms with Gasteiger partial charge in [-0.1, -0.05) is 23.5 Å². The van der Waals surface area contributed by atoms with Crippen LogP contribution in [0.1, 0.15) is 16.7 Å². The second kappa shape index (κ2) is 8.04. The third-order valence-electron chi connectivity index (χ3n) is 4.74. The van der Waals surface area contributed by atoms with Gasteiger partial charge in [-0.15, -0.1) is 10.2 Å². The number of halogens is 3. The summed E-state index contributed by atoms with van der Waals surface area (Å²) in [6.07, 6.45) is -2.12. The lowest BCUT2D eigenvalue weighted by atomic mass is 10.0. The molecule has 6 nitrogen and oxygen atoms in total. The van der Waals surface area contributed by atoms with Crippen molar-refractivity contribution in [3.63, 3.8) is 0 Å². The van der Waals surface area contributed by atoms with Crippen LogP contribution in [0.5, 0.6) is 0 Å². The normalized spacial score (nSPS) is 13.0. The number of nitrogens with two attached hydrogens (primary N) is 1. The molecule has 4 N–H and O–H groups in total. The predicted molar refractivity (Wildman–Crippen MR) is 111 cm³/mol. The number of alkyl halides is 3. The quantitative estimate of drug-likeness (QED) is 0.420. The SMILES string of the molecule is Cc1cc2[nH]ncc2cc1-c1nnc(NC[C@@H](N)Cc2ccc(C(F)(F)F)cc2)s1. The van der Waals surface area contributed by atoms with Gasteiger partial charge in [0.05, 0.1) is 17.3 Å². The minimum atomic E-state index is -4.34. The molecule has 10 heteroatoms. The molecule has 1 atom stereocenters. The number of anilines is 1. The van der Waals surface area contributed by atoms with Crippen molar-refractivity contribution in [2.75, 3.05) is 11.9 Å². The van der Waals surface area contributed by atoms with Crippen molar-refractivity contribution in [1.29, 1.82) is 0 Å². The summed E-state index contributed by atoms with van der Waals surface area (Å²) in [7, 11) is 0. The molecule has 0 aliphatic rings. The molecule has 2 aromatic carbocycles. The van der Waals surface area contributed by atoms with Crippen LogP contribution >= 0.6 is 11.3 Å². The molecule has 4 aromatic rings. The van der Waals surface area contributed by atoms with Gasteiger partial charge in [0.15, 0.2) is 0 Å². The van der Waals surface area contributed by atoms with Gasteiger partial charge in [-0.2, -0.15) is 18.3 Å². The smallest absolute Gasteiger partial charge is 0.359 e. The number of H-pyrrole nitrogens is 1. The molecule has 0 aliphatic carbocycles. The first kappa shape index (κ1) is 20.3. The standard InChI is InChI=1S/C20H19F3N6S/c1-11-6-17-13(9-26-27-17)8-16(11)18-28-29-19(30-18)25-10-15(24)7-12-2-4-14(5-3-12)20(21,22)23/h2-6,8-9,15H,7,10,24H2,1H3,(H,25,29)(H,26,27)/t15-/m0/s1. The summed E-state index contributed by atoms with van der Waals surface area (Å²) < 4.78 is 37.9. The van der Waals surface area contributed by atoms with Crippen LogP contribution in [0, 0.1) is 6.92 Å². The fraction of sp³-hybridized carbons (Fsp3) is 0.250. The zero-order valence-electron chi connectivity index (χ0n) is 16.0. The molecule has 0 amide bonds. The van der Waals surface area contributed by atoms with Crippen LogP contribution in [0.2, 0.25) is 0 Å². The van der Waals surface area contributed by atoms with Gasteiger partial charge in [0, 0.05) is 23.5 Å². The molecule has 0 saturated heterocycles. The molecule has 0 radical (unpaired) electrons. The third kappa shape index (κ3) is 4.44. The number of rotatable bonds is 6. The van der Waals surface area contributed by atoms with E-state index in [0.29, 0.717) is 18.1 Å². The van der Waals surface area contributed by atoms with E-state index in [0.717, 1.165) is 44.7 Å². The first-order valence-electron chi connectivity index (χ1n) is 9.23. The van der Waals surface area contributed by atoms with Gasteiger partial charge < -0.3 is 11.1 Å². The van der Waals surface area contributed by atoms with E-state index in [1.54, 1.807) is 6.20 Å². The van der Waals surface area contributed by atoms with Gasteiger partial charge in [-0.05, 0) is 48.7 Å². The number of hydrogen-bond acceptors (Lipinski definition) is 6. The molecule has 30 heavy (non-hydrogen) atoms. The van der Waals surface area contributed by atoms with Crippen LogP contribution in [0.25, 0.3) is 21.5 Å². The zero-order chi connectivity index (χ0) is 21.3. The molecular formula is C20H19F3N6S. The zero-order valence-corrected chi connectivity index (χ0v) is 16.8. The number of benzene rings is 2. The minimum absolute atomic E-state index is 0.280. The Kier molecular flexibility index (Phi) is 5.44. The van der Waals surface area contributed by atoms with E-state index in [4.69, 9.17) is 5.73 Å². The second-order valence-electron chi connectivity index (χ2n) is 7.08. The lowest BCUT2D eigenvalue weighted by molar-refractivity contribution is -0.137. The minimum Gasteiger partial charge on any atom is -0.359 e. The van der Waals surface area contributed by atoms with E-state index in [2.05, 4.69) is 25.7 Å². The van der Waals surface area contributed by atoms with Crippen LogP contribution in [0.15, 0.2) is 42.6 Å². The van der Waals surface area contributed by atoms with Crippen molar-refractivity contribution >= 4 is 27.4 Å². The van der Waals surface area contributed by atoms with E-state index < -0.39 is 11.7 Å². The number of aryl methyl sites for hydroxylation is 1. The summed E-state index contributed by atoms with van der Waals surface area (Å²) >= 11 is 1.42. The molecule has 156 valence electrons. The largest absolute Gasteiger partial charge is 0.416 e. The summed E-state index contributed by atoms with van der Waals surface area (Å²) in [6, 6.07) is 8.83. The molecule has 0 unspecified atom stereocenters. The van der Waals surface area contributed by atoms with Crippen LogP contribution in [-0.4, -0.2) is 33.0 Å². The van der Waals surface area contributed by atoms with E-state index in [9.17, 15) is 13.2 Å². The van der Waals surface area contributed by atoms with Crippen molar-refractivity contribution in [3.8, 4) is 10.6 Å². The first-order valence-corrected chi connectivity index (χ1v) is 10.0. The maximum Gasteiger partial charge on any atom is 0.416 e. The molecular weight excluding hydrogens is 413 g/mol. The van der Waals surface area contributed by atoms with Crippen molar-refractivity contribution < 1.29 is 13.2 Å². The fourth-order valence-corrected chi connectivity index (χ4v) is 3.99. The van der Waals surface area contributed by atoms with Crippen LogP contribution in [0.4, 0.5) is 18.3 Å². The Morgan fingerprint density at radius 3 is 2.67 bits per heavy atom. The molecule has 0 saturated carbocycles. The van der Waals surface area contributed by atoms with Crippen LogP contribution < -0.4 is 11.1 Å². The summed E-state index contributed by atoms with van der Waals surface area (Å²) in [5, 5.41) is 21.0. The molecule has 0 spiro atoms. The third-order valence-corrected chi connectivity index (χ3v) is 5.65. The van der Waals surface area contributed by atoms with E-state index in [1.165, 1.54) is 23.5 Å². The van der Waals surface area contributed by atoms with Gasteiger partial charge in [0.25, 0.3) is 0 Å². The lowest BCUT2D eigenvalue weighted by Crippen LogP contribution is -2.31. The average Bonchev–Trinajstić information content (AvgIpc) is 3.34. The monoisotopic (exact) mass is 432 g/mol. The summed E-state index contributed by atoms with van der Waals surface area (Å²) in [4.78, 5) is 0. The summed E-state index contributed by atoms with van der Waals surface area (Å²) in [6.45, 7) is 2.43. The summed E-state index contributed by atoms with van der Waals surface area (Å²) in [5.74, 6) is 0. The van der Waals surface area contributed by atoms with Gasteiger partial charge in [0.1, 0.15) is 5.01 Å². The fourth-order valence-electron chi connectivity index (χ4n) is 3.16. The predicted octanol–water partition coefficient (Wildman–Crippen LogP) is 4.39. The molecule has 0 aliphatic heterocycles. The maximum absolute atomic E-state index is 12.6. The van der Waals surface area contributed by atoms with Gasteiger partial charge >= 0.3 is 6.18 Å². The molecule has 4 rings (SSSR count). The van der Waals surface area contributed by atoms with E-state index in [1.807, 2.05) is 19.1 Å². The Morgan fingerprint density at radius 2 is 1.93 bits per heavy atom. The Bertz CT molecular complexity index is 1150. The highest BCUT2D eigenvalue weighted by Gasteiger charge is 2.29. The number of nitrogens with one attached hydrogen (secondary N) is 2. The average molecular weight is 432 g/mol. The highest BCUT2D eigenvalue weighted by atomic mass is 32.1. The molecule has 2 aromatic heterocycles. The maximum atomic E-state index is 12.6. The highest BCUT2D eigenvalue weighted by molar-refractivity contribution is 7.18. The number of nitrogens with zero attached hydrogens (tertiary/aromatic N) is 3. The number of aromatic nitrogens is 4. The Hall–Kier alpha value is -2.98. The van der Waals surface area contributed by atoms with Crippen molar-refractivity contribution in [2.45, 2.75) is 25.6 Å². The topological polar surface area (TPSA) is 92.5 Å². The van der Waals surface area contributed by atoms with Crippen molar-refractivity contribution in [2.24, 2.45) is 5.73 Å². The van der Waals surface area contributed by atoms with Crippen molar-refractivity contribution in [1.82, 2.24) is 20.4 Å². The molecule has 2 heterocycles. The van der Waals surface area contributed by atoms with Gasteiger partial charge in [-0.25, -0.2) is 0 Å². The first-order chi connectivity index (χ1) is 14.3. The number of hydrogen-bond donors (Lipinski definition) is 3.